The summed E-state index contributed by atoms with van der Waals surface area (Å²) in [7, 11) is 0. The Hall–Kier alpha value is -3.74. The number of benzene rings is 2. The molecule has 0 fully saturated rings. The Morgan fingerprint density at radius 3 is 2.40 bits per heavy atom. The zero-order chi connectivity index (χ0) is 18.0. The van der Waals surface area contributed by atoms with Gasteiger partial charge < -0.3 is 10.8 Å². The lowest BCUT2D eigenvalue weighted by Gasteiger charge is -2.08. The highest BCUT2D eigenvalue weighted by molar-refractivity contribution is 6.11. The van der Waals surface area contributed by atoms with E-state index in [4.69, 9.17) is 5.73 Å². The van der Waals surface area contributed by atoms with Crippen molar-refractivity contribution in [2.45, 2.75) is 0 Å². The van der Waals surface area contributed by atoms with Crippen LogP contribution in [0.25, 0.3) is 11.3 Å². The molecule has 7 heteroatoms. The minimum atomic E-state index is -0.491. The Kier molecular flexibility index (Phi) is 4.13. The molecule has 0 aliphatic carbocycles. The van der Waals surface area contributed by atoms with Gasteiger partial charge in [-0.1, -0.05) is 12.1 Å². The number of non-ortho nitro benzene ring substituents is 1. The normalized spacial score (nSPS) is 10.4. The van der Waals surface area contributed by atoms with E-state index >= 15 is 0 Å². The van der Waals surface area contributed by atoms with E-state index in [0.29, 0.717) is 11.3 Å². The second-order valence-corrected chi connectivity index (χ2v) is 5.31. The molecule has 0 bridgehead atoms. The second-order valence-electron chi connectivity index (χ2n) is 5.31. The number of ketones is 1. The van der Waals surface area contributed by atoms with Crippen LogP contribution in [0, 0.1) is 10.1 Å². The van der Waals surface area contributed by atoms with Crippen molar-refractivity contribution in [1.29, 1.82) is 0 Å². The number of carbonyl (C=O) groups excluding carboxylic acids is 1. The van der Waals surface area contributed by atoms with E-state index < -0.39 is 10.7 Å². The van der Waals surface area contributed by atoms with Gasteiger partial charge in [-0.3, -0.25) is 19.9 Å². The van der Waals surface area contributed by atoms with Crippen molar-refractivity contribution < 1.29 is 14.8 Å². The molecule has 0 aliphatic rings. The van der Waals surface area contributed by atoms with E-state index in [1.807, 2.05) is 0 Å². The zero-order valence-corrected chi connectivity index (χ0v) is 12.9. The summed E-state index contributed by atoms with van der Waals surface area (Å²) in [4.78, 5) is 26.9. The number of phenolic OH excluding ortho intramolecular Hbond substituents is 1. The van der Waals surface area contributed by atoms with Crippen LogP contribution in [0.15, 0.2) is 60.8 Å². The maximum Gasteiger partial charge on any atom is 0.269 e. The number of nitro groups is 1. The Morgan fingerprint density at radius 1 is 1.12 bits per heavy atom. The van der Waals surface area contributed by atoms with Crippen molar-refractivity contribution in [1.82, 2.24) is 4.98 Å². The van der Waals surface area contributed by atoms with Crippen molar-refractivity contribution in [3.63, 3.8) is 0 Å². The highest BCUT2D eigenvalue weighted by atomic mass is 16.6. The number of aromatic nitrogens is 1. The molecule has 0 radical (unpaired) electrons. The number of nitrogen functional groups attached to an aromatic ring is 1. The van der Waals surface area contributed by atoms with Gasteiger partial charge in [0.1, 0.15) is 5.75 Å². The number of anilines is 1. The van der Waals surface area contributed by atoms with Crippen LogP contribution in [0.5, 0.6) is 5.75 Å². The first-order valence-corrected chi connectivity index (χ1v) is 7.30. The fourth-order valence-electron chi connectivity index (χ4n) is 2.41. The summed E-state index contributed by atoms with van der Waals surface area (Å²) in [5.74, 6) is -0.516. The minimum Gasteiger partial charge on any atom is -0.507 e. The molecule has 3 aromatic rings. The number of rotatable bonds is 4. The first-order valence-electron chi connectivity index (χ1n) is 7.30. The SMILES string of the molecule is Nc1cc(C(=O)c2ccccc2O)cnc1-c1ccc([N+](=O)[O-])cc1. The van der Waals surface area contributed by atoms with E-state index in [1.165, 1.54) is 36.5 Å². The molecular weight excluding hydrogens is 322 g/mol. The molecule has 3 N–H and O–H groups in total. The Labute approximate surface area is 142 Å². The van der Waals surface area contributed by atoms with Crippen LogP contribution in [-0.4, -0.2) is 20.8 Å². The highest BCUT2D eigenvalue weighted by Crippen LogP contribution is 2.27. The monoisotopic (exact) mass is 335 g/mol. The molecule has 0 unspecified atom stereocenters. The predicted molar refractivity (Wildman–Crippen MR) is 92.3 cm³/mol. The van der Waals surface area contributed by atoms with Crippen LogP contribution in [0.1, 0.15) is 15.9 Å². The third kappa shape index (κ3) is 3.16. The number of pyridine rings is 1. The Morgan fingerprint density at radius 2 is 1.80 bits per heavy atom. The molecule has 124 valence electrons. The largest absolute Gasteiger partial charge is 0.507 e. The molecule has 1 heterocycles. The maximum absolute atomic E-state index is 12.5. The fraction of sp³-hybridized carbons (Fsp3) is 0. The standard InChI is InChI=1S/C18H13N3O4/c19-15-9-12(18(23)14-3-1-2-4-16(14)22)10-20-17(15)11-5-7-13(8-6-11)21(24)25/h1-10,22H,19H2. The van der Waals surface area contributed by atoms with Gasteiger partial charge in [0.15, 0.2) is 5.78 Å². The molecule has 0 aliphatic heterocycles. The predicted octanol–water partition coefficient (Wildman–Crippen LogP) is 3.18. The van der Waals surface area contributed by atoms with E-state index in [9.17, 15) is 20.0 Å². The zero-order valence-electron chi connectivity index (χ0n) is 12.9. The Bertz CT molecular complexity index is 968. The molecule has 2 aromatic carbocycles. The smallest absolute Gasteiger partial charge is 0.269 e. The number of para-hydroxylation sites is 1. The van der Waals surface area contributed by atoms with Gasteiger partial charge in [0.2, 0.25) is 0 Å². The van der Waals surface area contributed by atoms with Crippen LogP contribution in [0.4, 0.5) is 11.4 Å². The van der Waals surface area contributed by atoms with Crippen molar-refractivity contribution in [2.75, 3.05) is 5.73 Å². The summed E-state index contributed by atoms with van der Waals surface area (Å²) in [6.45, 7) is 0. The van der Waals surface area contributed by atoms with Gasteiger partial charge in [-0.15, -0.1) is 0 Å². The van der Waals surface area contributed by atoms with E-state index in [-0.39, 0.29) is 28.3 Å². The van der Waals surface area contributed by atoms with Crippen molar-refractivity contribution in [3.8, 4) is 17.0 Å². The van der Waals surface area contributed by atoms with E-state index in [2.05, 4.69) is 4.98 Å². The fourth-order valence-corrected chi connectivity index (χ4v) is 2.41. The van der Waals surface area contributed by atoms with E-state index in [1.54, 1.807) is 24.3 Å². The summed E-state index contributed by atoms with van der Waals surface area (Å²) < 4.78 is 0. The summed E-state index contributed by atoms with van der Waals surface area (Å²) in [6.07, 6.45) is 1.36. The number of phenols is 1. The second kappa shape index (κ2) is 6.40. The summed E-state index contributed by atoms with van der Waals surface area (Å²) in [5.41, 5.74) is 7.64. The first kappa shape index (κ1) is 16.1. The molecule has 3 rings (SSSR count). The maximum atomic E-state index is 12.5. The van der Waals surface area contributed by atoms with Crippen LogP contribution >= 0.6 is 0 Å². The lowest BCUT2D eigenvalue weighted by atomic mass is 10.0. The van der Waals surface area contributed by atoms with Crippen molar-refractivity contribution in [2.24, 2.45) is 0 Å². The van der Waals surface area contributed by atoms with Crippen molar-refractivity contribution in [3.05, 3.63) is 82.0 Å². The molecule has 0 atom stereocenters. The van der Waals surface area contributed by atoms with Gasteiger partial charge in [0.25, 0.3) is 5.69 Å². The Balaban J connectivity index is 1.94. The molecule has 0 spiro atoms. The van der Waals surface area contributed by atoms with Gasteiger partial charge in [-0.25, -0.2) is 0 Å². The van der Waals surface area contributed by atoms with Gasteiger partial charge in [-0.2, -0.15) is 0 Å². The van der Waals surface area contributed by atoms with Crippen LogP contribution in [-0.2, 0) is 0 Å². The van der Waals surface area contributed by atoms with Crippen molar-refractivity contribution >= 4 is 17.2 Å². The molecular formula is C18H13N3O4. The number of hydrogen-bond donors (Lipinski definition) is 2. The molecule has 0 saturated carbocycles. The molecule has 0 amide bonds. The van der Waals surface area contributed by atoms with Crippen LogP contribution in [0.3, 0.4) is 0 Å². The summed E-state index contributed by atoms with van der Waals surface area (Å²) in [5, 5.41) is 20.5. The van der Waals surface area contributed by atoms with Gasteiger partial charge in [0, 0.05) is 29.5 Å². The highest BCUT2D eigenvalue weighted by Gasteiger charge is 2.16. The molecule has 7 nitrogen and oxygen atoms in total. The number of nitro benzene ring substituents is 1. The molecule has 1 aromatic heterocycles. The van der Waals surface area contributed by atoms with Gasteiger partial charge >= 0.3 is 0 Å². The summed E-state index contributed by atoms with van der Waals surface area (Å²) >= 11 is 0. The number of aromatic hydroxyl groups is 1. The minimum absolute atomic E-state index is 0.0336. The molecule has 25 heavy (non-hydrogen) atoms. The third-order valence-corrected chi connectivity index (χ3v) is 3.68. The average Bonchev–Trinajstić information content (AvgIpc) is 2.61. The van der Waals surface area contributed by atoms with Gasteiger partial charge in [-0.05, 0) is 30.3 Å². The third-order valence-electron chi connectivity index (χ3n) is 3.68. The number of nitrogens with zero attached hydrogens (tertiary/aromatic N) is 2. The quantitative estimate of drug-likeness (QED) is 0.429. The molecule has 0 saturated heterocycles. The lowest BCUT2D eigenvalue weighted by molar-refractivity contribution is -0.384. The topological polar surface area (TPSA) is 119 Å². The lowest BCUT2D eigenvalue weighted by Crippen LogP contribution is -2.04. The average molecular weight is 335 g/mol. The van der Waals surface area contributed by atoms with Gasteiger partial charge in [0.05, 0.1) is 21.9 Å². The number of hydrogen-bond acceptors (Lipinski definition) is 6. The number of carbonyl (C=O) groups is 1. The van der Waals surface area contributed by atoms with E-state index in [0.717, 1.165) is 0 Å². The van der Waals surface area contributed by atoms with Crippen LogP contribution < -0.4 is 5.73 Å². The number of nitrogens with two attached hydrogens (primary N) is 1. The van der Waals surface area contributed by atoms with Crippen LogP contribution in [0.2, 0.25) is 0 Å². The first-order chi connectivity index (χ1) is 12.0. The summed E-state index contributed by atoms with van der Waals surface area (Å²) in [6, 6.07) is 13.5.